The quantitative estimate of drug-likeness (QED) is 0.847. The Hall–Kier alpha value is -2.86. The standard InChI is InChI=1S/C19H17ClFN3O2/c20-16-10-15(21)7-6-14(16)11-22-18(25)12-24-19(26)9-8-17(23-24)13-4-2-1-3-5-13/h1-8,10,23H,9,11-12H2,(H,22,25). The lowest BCUT2D eigenvalue weighted by Gasteiger charge is -2.28. The van der Waals surface area contributed by atoms with Crippen molar-refractivity contribution >= 4 is 29.1 Å². The van der Waals surface area contributed by atoms with Crippen LogP contribution in [0.5, 0.6) is 0 Å². The number of halogens is 2. The molecule has 26 heavy (non-hydrogen) atoms. The van der Waals surface area contributed by atoms with Gasteiger partial charge in [0.2, 0.25) is 11.8 Å². The monoisotopic (exact) mass is 373 g/mol. The van der Waals surface area contributed by atoms with E-state index < -0.39 is 5.82 Å². The van der Waals surface area contributed by atoms with E-state index in [1.54, 1.807) is 6.08 Å². The van der Waals surface area contributed by atoms with Crippen LogP contribution in [0.4, 0.5) is 4.39 Å². The summed E-state index contributed by atoms with van der Waals surface area (Å²) >= 11 is 5.94. The van der Waals surface area contributed by atoms with E-state index in [1.807, 2.05) is 30.3 Å². The third-order valence-corrected chi connectivity index (χ3v) is 4.27. The summed E-state index contributed by atoms with van der Waals surface area (Å²) in [4.78, 5) is 24.2. The molecule has 0 aromatic heterocycles. The van der Waals surface area contributed by atoms with Gasteiger partial charge < -0.3 is 5.32 Å². The van der Waals surface area contributed by atoms with Gasteiger partial charge in [-0.1, -0.05) is 48.0 Å². The van der Waals surface area contributed by atoms with Crippen LogP contribution >= 0.6 is 11.6 Å². The average Bonchev–Trinajstić information content (AvgIpc) is 2.63. The molecule has 2 N–H and O–H groups in total. The zero-order valence-electron chi connectivity index (χ0n) is 13.8. The third-order valence-electron chi connectivity index (χ3n) is 3.91. The molecular formula is C19H17ClFN3O2. The van der Waals surface area contributed by atoms with Gasteiger partial charge >= 0.3 is 0 Å². The van der Waals surface area contributed by atoms with Gasteiger partial charge in [0.15, 0.2) is 0 Å². The van der Waals surface area contributed by atoms with Crippen molar-refractivity contribution in [1.82, 2.24) is 15.8 Å². The summed E-state index contributed by atoms with van der Waals surface area (Å²) in [5.74, 6) is -0.978. The highest BCUT2D eigenvalue weighted by atomic mass is 35.5. The second-order valence-corrected chi connectivity index (χ2v) is 6.20. The van der Waals surface area contributed by atoms with Gasteiger partial charge in [0, 0.05) is 18.0 Å². The second-order valence-electron chi connectivity index (χ2n) is 5.79. The number of hydrazine groups is 1. The first kappa shape index (κ1) is 17.9. The lowest BCUT2D eigenvalue weighted by Crippen LogP contribution is -2.49. The summed E-state index contributed by atoms with van der Waals surface area (Å²) in [6.07, 6.45) is 2.01. The highest BCUT2D eigenvalue weighted by molar-refractivity contribution is 6.31. The van der Waals surface area contributed by atoms with Crippen molar-refractivity contribution < 1.29 is 14.0 Å². The van der Waals surface area contributed by atoms with Crippen molar-refractivity contribution in [3.63, 3.8) is 0 Å². The summed E-state index contributed by atoms with van der Waals surface area (Å²) in [6.45, 7) is 0.0170. The van der Waals surface area contributed by atoms with Crippen LogP contribution in [0, 0.1) is 5.82 Å². The van der Waals surface area contributed by atoms with Crippen LogP contribution in [0.3, 0.4) is 0 Å². The number of benzene rings is 2. The van der Waals surface area contributed by atoms with Gasteiger partial charge in [-0.2, -0.15) is 0 Å². The lowest BCUT2D eigenvalue weighted by molar-refractivity contribution is -0.137. The summed E-state index contributed by atoms with van der Waals surface area (Å²) < 4.78 is 13.0. The first-order valence-electron chi connectivity index (χ1n) is 8.06. The normalized spacial score (nSPS) is 13.8. The zero-order chi connectivity index (χ0) is 18.5. The Morgan fingerprint density at radius 2 is 2.00 bits per heavy atom. The molecule has 2 amide bonds. The second kappa shape index (κ2) is 8.01. The minimum Gasteiger partial charge on any atom is -0.350 e. The third kappa shape index (κ3) is 4.40. The number of carbonyl (C=O) groups is 2. The van der Waals surface area contributed by atoms with Crippen LogP contribution in [0.15, 0.2) is 54.6 Å². The summed E-state index contributed by atoms with van der Waals surface area (Å²) in [5, 5.41) is 4.21. The van der Waals surface area contributed by atoms with Crippen molar-refractivity contribution in [1.29, 1.82) is 0 Å². The predicted octanol–water partition coefficient (Wildman–Crippen LogP) is 2.87. The van der Waals surface area contributed by atoms with Crippen LogP contribution in [0.1, 0.15) is 17.5 Å². The smallest absolute Gasteiger partial charge is 0.245 e. The molecule has 1 aliphatic rings. The minimum absolute atomic E-state index is 0.137. The van der Waals surface area contributed by atoms with E-state index in [4.69, 9.17) is 11.6 Å². The maximum atomic E-state index is 13.0. The fourth-order valence-electron chi connectivity index (χ4n) is 2.54. The highest BCUT2D eigenvalue weighted by Gasteiger charge is 2.22. The number of hydrogen-bond acceptors (Lipinski definition) is 3. The van der Waals surface area contributed by atoms with Gasteiger partial charge in [-0.3, -0.25) is 15.0 Å². The Bertz CT molecular complexity index is 855. The van der Waals surface area contributed by atoms with Crippen molar-refractivity contribution in [2.75, 3.05) is 6.54 Å². The fourth-order valence-corrected chi connectivity index (χ4v) is 2.77. The van der Waals surface area contributed by atoms with E-state index in [-0.39, 0.29) is 36.3 Å². The molecule has 0 atom stereocenters. The summed E-state index contributed by atoms with van der Waals surface area (Å²) in [7, 11) is 0. The van der Waals surface area contributed by atoms with Gasteiger partial charge in [0.25, 0.3) is 0 Å². The van der Waals surface area contributed by atoms with Gasteiger partial charge in [-0.05, 0) is 29.3 Å². The molecule has 2 aromatic carbocycles. The average molecular weight is 374 g/mol. The Morgan fingerprint density at radius 3 is 2.73 bits per heavy atom. The first-order valence-corrected chi connectivity index (χ1v) is 8.44. The SMILES string of the molecule is O=C(CN1NC(c2ccccc2)=CCC1=O)NCc1ccc(F)cc1Cl. The molecule has 0 saturated heterocycles. The largest absolute Gasteiger partial charge is 0.350 e. The van der Waals surface area contributed by atoms with Crippen molar-refractivity contribution in [2.24, 2.45) is 0 Å². The van der Waals surface area contributed by atoms with Crippen LogP contribution < -0.4 is 10.7 Å². The molecule has 3 rings (SSSR count). The van der Waals surface area contributed by atoms with Crippen molar-refractivity contribution in [2.45, 2.75) is 13.0 Å². The van der Waals surface area contributed by atoms with Crippen LogP contribution in [-0.4, -0.2) is 23.4 Å². The summed E-state index contributed by atoms with van der Waals surface area (Å²) in [5.41, 5.74) is 5.29. The maximum Gasteiger partial charge on any atom is 0.245 e. The van der Waals surface area contributed by atoms with E-state index in [1.165, 1.54) is 23.2 Å². The molecule has 0 radical (unpaired) electrons. The maximum absolute atomic E-state index is 13.0. The molecule has 5 nitrogen and oxygen atoms in total. The number of amides is 2. The van der Waals surface area contributed by atoms with E-state index in [0.29, 0.717) is 5.56 Å². The van der Waals surface area contributed by atoms with E-state index in [0.717, 1.165) is 11.3 Å². The topological polar surface area (TPSA) is 61.4 Å². The van der Waals surface area contributed by atoms with Gasteiger partial charge in [0.1, 0.15) is 12.4 Å². The number of hydrogen-bond donors (Lipinski definition) is 2. The molecular weight excluding hydrogens is 357 g/mol. The van der Waals surface area contributed by atoms with Crippen LogP contribution in [0.25, 0.3) is 5.70 Å². The number of carbonyl (C=O) groups excluding carboxylic acids is 2. The van der Waals surface area contributed by atoms with Gasteiger partial charge in [0.05, 0.1) is 5.70 Å². The number of nitrogens with zero attached hydrogens (tertiary/aromatic N) is 1. The van der Waals surface area contributed by atoms with E-state index >= 15 is 0 Å². The molecule has 0 aliphatic carbocycles. The predicted molar refractivity (Wildman–Crippen MR) is 97.1 cm³/mol. The number of rotatable bonds is 5. The lowest BCUT2D eigenvalue weighted by atomic mass is 10.1. The fraction of sp³-hybridized carbons (Fsp3) is 0.158. The molecule has 2 aromatic rings. The Kier molecular flexibility index (Phi) is 5.53. The Labute approximate surface area is 155 Å². The van der Waals surface area contributed by atoms with Crippen LogP contribution in [0.2, 0.25) is 5.02 Å². The molecule has 134 valence electrons. The first-order chi connectivity index (χ1) is 12.5. The molecule has 0 fully saturated rings. The number of nitrogens with one attached hydrogen (secondary N) is 2. The van der Waals surface area contributed by atoms with Gasteiger partial charge in [-0.25, -0.2) is 9.40 Å². The van der Waals surface area contributed by atoms with E-state index in [9.17, 15) is 14.0 Å². The Morgan fingerprint density at radius 1 is 1.23 bits per heavy atom. The summed E-state index contributed by atoms with van der Waals surface area (Å²) in [6, 6.07) is 13.5. The van der Waals surface area contributed by atoms with Crippen molar-refractivity contribution in [3.05, 3.63) is 76.6 Å². The van der Waals surface area contributed by atoms with Crippen molar-refractivity contribution in [3.8, 4) is 0 Å². The molecule has 0 bridgehead atoms. The molecule has 0 spiro atoms. The molecule has 7 heteroatoms. The minimum atomic E-state index is -0.437. The van der Waals surface area contributed by atoms with Gasteiger partial charge in [-0.15, -0.1) is 0 Å². The zero-order valence-corrected chi connectivity index (χ0v) is 14.6. The Balaban J connectivity index is 1.58. The van der Waals surface area contributed by atoms with Crippen LogP contribution in [-0.2, 0) is 16.1 Å². The molecule has 0 unspecified atom stereocenters. The highest BCUT2D eigenvalue weighted by Crippen LogP contribution is 2.18. The molecule has 1 aliphatic heterocycles. The molecule has 1 heterocycles. The molecule has 0 saturated carbocycles. The van der Waals surface area contributed by atoms with E-state index in [2.05, 4.69) is 10.7 Å².